The van der Waals surface area contributed by atoms with Gasteiger partial charge in [-0.2, -0.15) is 0 Å². The number of hydrogen-bond donors (Lipinski definition) is 1. The highest BCUT2D eigenvalue weighted by Crippen LogP contribution is 2.28. The van der Waals surface area contributed by atoms with Gasteiger partial charge in [0.25, 0.3) is 0 Å². The topological polar surface area (TPSA) is 78.4 Å². The molecule has 0 saturated heterocycles. The molecule has 106 valence electrons. The van der Waals surface area contributed by atoms with Gasteiger partial charge in [0, 0.05) is 12.1 Å². The van der Waals surface area contributed by atoms with E-state index in [9.17, 15) is 10.1 Å². The molecule has 0 heterocycles. The number of ether oxygens (including phenoxy) is 1. The molecule has 5 heteroatoms. The van der Waals surface area contributed by atoms with Gasteiger partial charge < -0.3 is 10.5 Å². The Balaban J connectivity index is 2.87. The third-order valence-electron chi connectivity index (χ3n) is 2.84. The van der Waals surface area contributed by atoms with Crippen molar-refractivity contribution in [1.82, 2.24) is 0 Å². The maximum atomic E-state index is 10.9. The maximum Gasteiger partial charge on any atom is 0.310 e. The van der Waals surface area contributed by atoms with Crippen LogP contribution in [0, 0.1) is 10.1 Å². The van der Waals surface area contributed by atoms with Gasteiger partial charge in [-0.3, -0.25) is 10.1 Å². The first kappa shape index (κ1) is 15.4. The third-order valence-corrected chi connectivity index (χ3v) is 2.84. The molecule has 0 saturated carbocycles. The molecule has 0 fully saturated rings. The summed E-state index contributed by atoms with van der Waals surface area (Å²) in [6.45, 7) is 4.53. The van der Waals surface area contributed by atoms with Crippen LogP contribution in [0.2, 0.25) is 0 Å². The van der Waals surface area contributed by atoms with E-state index in [1.165, 1.54) is 6.07 Å². The van der Waals surface area contributed by atoms with Crippen LogP contribution in [0.5, 0.6) is 5.75 Å². The molecule has 19 heavy (non-hydrogen) atoms. The summed E-state index contributed by atoms with van der Waals surface area (Å²) < 4.78 is 5.45. The highest BCUT2D eigenvalue weighted by atomic mass is 16.6. The van der Waals surface area contributed by atoms with Crippen LogP contribution in [0.15, 0.2) is 18.2 Å². The van der Waals surface area contributed by atoms with Crippen LogP contribution in [0.4, 0.5) is 5.69 Å². The Morgan fingerprint density at radius 2 is 2.11 bits per heavy atom. The second kappa shape index (κ2) is 7.74. The van der Waals surface area contributed by atoms with Gasteiger partial charge in [-0.15, -0.1) is 0 Å². The third kappa shape index (κ3) is 4.87. The second-order valence-corrected chi connectivity index (χ2v) is 4.66. The van der Waals surface area contributed by atoms with E-state index in [4.69, 9.17) is 10.5 Å². The van der Waals surface area contributed by atoms with Gasteiger partial charge in [0.1, 0.15) is 0 Å². The zero-order chi connectivity index (χ0) is 14.3. The molecule has 2 N–H and O–H groups in total. The second-order valence-electron chi connectivity index (χ2n) is 4.66. The van der Waals surface area contributed by atoms with Crippen LogP contribution in [0.25, 0.3) is 0 Å². The summed E-state index contributed by atoms with van der Waals surface area (Å²) in [5.74, 6) is 0.341. The number of rotatable bonds is 8. The number of nitrogens with zero attached hydrogens (tertiary/aromatic N) is 1. The molecule has 1 atom stereocenters. The summed E-state index contributed by atoms with van der Waals surface area (Å²) in [7, 11) is 0. The zero-order valence-electron chi connectivity index (χ0n) is 11.6. The van der Waals surface area contributed by atoms with Crippen molar-refractivity contribution in [1.29, 1.82) is 0 Å². The van der Waals surface area contributed by atoms with E-state index in [1.807, 2.05) is 6.92 Å². The van der Waals surface area contributed by atoms with Gasteiger partial charge in [0.15, 0.2) is 5.75 Å². The molecule has 1 aromatic carbocycles. The molecule has 1 aromatic rings. The maximum absolute atomic E-state index is 10.9. The van der Waals surface area contributed by atoms with E-state index in [1.54, 1.807) is 12.1 Å². The lowest BCUT2D eigenvalue weighted by Gasteiger charge is -2.12. The molecule has 0 radical (unpaired) electrons. The van der Waals surface area contributed by atoms with Crippen molar-refractivity contribution in [2.75, 3.05) is 6.61 Å². The largest absolute Gasteiger partial charge is 0.487 e. The zero-order valence-corrected chi connectivity index (χ0v) is 11.6. The predicted molar refractivity (Wildman–Crippen MR) is 75.5 cm³/mol. The van der Waals surface area contributed by atoms with Crippen molar-refractivity contribution < 1.29 is 9.66 Å². The molecular weight excluding hydrogens is 244 g/mol. The minimum atomic E-state index is -0.416. The first-order valence-electron chi connectivity index (χ1n) is 6.74. The molecule has 0 aromatic heterocycles. The summed E-state index contributed by atoms with van der Waals surface area (Å²) in [6.07, 6.45) is 3.51. The average Bonchev–Trinajstić information content (AvgIpc) is 2.36. The quantitative estimate of drug-likeness (QED) is 0.579. The summed E-state index contributed by atoms with van der Waals surface area (Å²) in [5, 5.41) is 10.9. The molecule has 0 aliphatic rings. The number of benzene rings is 1. The van der Waals surface area contributed by atoms with Crippen LogP contribution in [-0.4, -0.2) is 17.6 Å². The molecule has 1 unspecified atom stereocenters. The van der Waals surface area contributed by atoms with E-state index in [-0.39, 0.29) is 11.7 Å². The van der Waals surface area contributed by atoms with Crippen LogP contribution in [0.1, 0.15) is 38.7 Å². The van der Waals surface area contributed by atoms with Crippen LogP contribution in [0.3, 0.4) is 0 Å². The van der Waals surface area contributed by atoms with Crippen molar-refractivity contribution in [2.45, 2.75) is 45.6 Å². The van der Waals surface area contributed by atoms with Crippen molar-refractivity contribution >= 4 is 5.69 Å². The van der Waals surface area contributed by atoms with Gasteiger partial charge in [-0.05, 0) is 30.9 Å². The normalized spacial score (nSPS) is 12.2. The molecular formula is C14H22N2O3. The first-order chi connectivity index (χ1) is 9.08. The predicted octanol–water partition coefficient (Wildman–Crippen LogP) is 3.05. The van der Waals surface area contributed by atoms with Crippen LogP contribution >= 0.6 is 0 Å². The molecule has 1 rings (SSSR count). The Hall–Kier alpha value is -1.62. The Morgan fingerprint density at radius 1 is 1.37 bits per heavy atom. The van der Waals surface area contributed by atoms with Crippen molar-refractivity contribution in [3.8, 4) is 5.75 Å². The number of nitro groups is 1. The lowest BCUT2D eigenvalue weighted by Crippen LogP contribution is -2.22. The van der Waals surface area contributed by atoms with Crippen molar-refractivity contribution in [3.63, 3.8) is 0 Å². The number of nitro benzene ring substituents is 1. The molecule has 0 bridgehead atoms. The summed E-state index contributed by atoms with van der Waals surface area (Å²) >= 11 is 0. The fraction of sp³-hybridized carbons (Fsp3) is 0.571. The van der Waals surface area contributed by atoms with Crippen LogP contribution in [-0.2, 0) is 6.42 Å². The minimum absolute atomic E-state index is 0.0151. The average molecular weight is 266 g/mol. The standard InChI is InChI=1S/C14H22N2O3/c1-3-5-12(15)9-11-6-7-13(16(17)18)14(10-11)19-8-4-2/h6-7,10,12H,3-5,8-9,15H2,1-2H3. The number of nitrogens with two attached hydrogens (primary N) is 1. The van der Waals surface area contributed by atoms with Gasteiger partial charge >= 0.3 is 5.69 Å². The molecule has 0 aliphatic heterocycles. The summed E-state index contributed by atoms with van der Waals surface area (Å²) in [6, 6.07) is 5.08. The number of hydrogen-bond acceptors (Lipinski definition) is 4. The van der Waals surface area contributed by atoms with E-state index in [0.717, 1.165) is 24.8 Å². The van der Waals surface area contributed by atoms with Gasteiger partial charge in [-0.25, -0.2) is 0 Å². The molecule has 0 aliphatic carbocycles. The molecule has 0 spiro atoms. The van der Waals surface area contributed by atoms with Crippen molar-refractivity contribution in [3.05, 3.63) is 33.9 Å². The van der Waals surface area contributed by atoms with E-state index in [2.05, 4.69) is 6.92 Å². The lowest BCUT2D eigenvalue weighted by atomic mass is 10.0. The smallest absolute Gasteiger partial charge is 0.310 e. The molecule has 5 nitrogen and oxygen atoms in total. The molecule has 0 amide bonds. The van der Waals surface area contributed by atoms with Gasteiger partial charge in [0.2, 0.25) is 0 Å². The monoisotopic (exact) mass is 266 g/mol. The fourth-order valence-electron chi connectivity index (χ4n) is 1.94. The summed E-state index contributed by atoms with van der Waals surface area (Å²) in [5.41, 5.74) is 6.99. The Kier molecular flexibility index (Phi) is 6.29. The Morgan fingerprint density at radius 3 is 2.68 bits per heavy atom. The summed E-state index contributed by atoms with van der Waals surface area (Å²) in [4.78, 5) is 10.5. The Bertz CT molecular complexity index is 421. The first-order valence-corrected chi connectivity index (χ1v) is 6.74. The minimum Gasteiger partial charge on any atom is -0.487 e. The van der Waals surface area contributed by atoms with Crippen molar-refractivity contribution in [2.24, 2.45) is 5.73 Å². The van der Waals surface area contributed by atoms with Gasteiger partial charge in [-0.1, -0.05) is 26.3 Å². The van der Waals surface area contributed by atoms with Gasteiger partial charge in [0.05, 0.1) is 11.5 Å². The fourth-order valence-corrected chi connectivity index (χ4v) is 1.94. The SMILES string of the molecule is CCCOc1cc(CC(N)CCC)ccc1[N+](=O)[O-]. The Labute approximate surface area is 113 Å². The highest BCUT2D eigenvalue weighted by Gasteiger charge is 2.16. The van der Waals surface area contributed by atoms with E-state index < -0.39 is 4.92 Å². The lowest BCUT2D eigenvalue weighted by molar-refractivity contribution is -0.385. The van der Waals surface area contributed by atoms with Crippen LogP contribution < -0.4 is 10.5 Å². The van der Waals surface area contributed by atoms with E-state index in [0.29, 0.717) is 18.8 Å². The van der Waals surface area contributed by atoms with E-state index >= 15 is 0 Å². The highest BCUT2D eigenvalue weighted by molar-refractivity contribution is 5.48.